The molecule has 3 heterocycles. The smallest absolute Gasteiger partial charge is 0.337 e. The third-order valence-corrected chi connectivity index (χ3v) is 6.12. The van der Waals surface area contributed by atoms with Gasteiger partial charge in [0.15, 0.2) is 11.2 Å². The summed E-state index contributed by atoms with van der Waals surface area (Å²) >= 11 is 6.05. The summed E-state index contributed by atoms with van der Waals surface area (Å²) in [6.07, 6.45) is 3.23. The molecule has 1 unspecified atom stereocenters. The van der Waals surface area contributed by atoms with Crippen LogP contribution < -0.4 is 11.2 Å². The molecule has 0 amide bonds. The fourth-order valence-corrected chi connectivity index (χ4v) is 4.29. The minimum absolute atomic E-state index is 0.148. The van der Waals surface area contributed by atoms with Crippen molar-refractivity contribution in [3.8, 4) is 5.69 Å². The Morgan fingerprint density at radius 2 is 1.84 bits per heavy atom. The number of hydrogen-bond acceptors (Lipinski definition) is 4. The second-order valence-electron chi connectivity index (χ2n) is 8.18. The molecule has 7 nitrogen and oxygen atoms in total. The molecule has 1 saturated heterocycles. The van der Waals surface area contributed by atoms with Gasteiger partial charge in [0.25, 0.3) is 5.56 Å². The van der Waals surface area contributed by atoms with Gasteiger partial charge in [-0.25, -0.2) is 14.3 Å². The molecule has 0 bridgehead atoms. The molecular formula is C24H23ClN4O3. The van der Waals surface area contributed by atoms with Crippen molar-refractivity contribution in [3.05, 3.63) is 91.8 Å². The van der Waals surface area contributed by atoms with Crippen LogP contribution in [-0.2, 0) is 17.8 Å². The molecule has 2 aromatic carbocycles. The summed E-state index contributed by atoms with van der Waals surface area (Å²) in [5, 5.41) is 0.565. The van der Waals surface area contributed by atoms with Crippen molar-refractivity contribution in [2.24, 2.45) is 0 Å². The van der Waals surface area contributed by atoms with Gasteiger partial charge in [-0.3, -0.25) is 9.36 Å². The van der Waals surface area contributed by atoms with Crippen molar-refractivity contribution in [1.82, 2.24) is 18.7 Å². The first-order chi connectivity index (χ1) is 15.5. The normalized spacial score (nSPS) is 16.1. The Morgan fingerprint density at radius 1 is 1.09 bits per heavy atom. The number of halogens is 1. The number of fused-ring (bicyclic) bond motifs is 1. The van der Waals surface area contributed by atoms with Crippen LogP contribution in [0.1, 0.15) is 24.0 Å². The van der Waals surface area contributed by atoms with E-state index >= 15 is 0 Å². The Kier molecular flexibility index (Phi) is 5.45. The van der Waals surface area contributed by atoms with Crippen LogP contribution in [0.4, 0.5) is 0 Å². The zero-order valence-corrected chi connectivity index (χ0v) is 18.5. The molecule has 4 aromatic rings. The predicted molar refractivity (Wildman–Crippen MR) is 124 cm³/mol. The SMILES string of the molecule is Cc1ccc(Cn2cnc3c2c(=O)n(CC2CCCO2)c(=O)n3-c2ccc(Cl)cc2)cc1. The maximum absolute atomic E-state index is 13.5. The van der Waals surface area contributed by atoms with Gasteiger partial charge in [0.1, 0.15) is 0 Å². The number of rotatable bonds is 5. The summed E-state index contributed by atoms with van der Waals surface area (Å²) in [4.78, 5) is 31.5. The van der Waals surface area contributed by atoms with Crippen molar-refractivity contribution in [2.75, 3.05) is 6.61 Å². The minimum Gasteiger partial charge on any atom is -0.376 e. The maximum Gasteiger partial charge on any atom is 0.337 e. The molecule has 0 aliphatic carbocycles. The highest BCUT2D eigenvalue weighted by atomic mass is 35.5. The third-order valence-electron chi connectivity index (χ3n) is 5.87. The van der Waals surface area contributed by atoms with Gasteiger partial charge in [-0.05, 0) is 49.6 Å². The Labute approximate surface area is 189 Å². The fraction of sp³-hybridized carbons (Fsp3) is 0.292. The molecule has 8 heteroatoms. The zero-order chi connectivity index (χ0) is 22.2. The van der Waals surface area contributed by atoms with E-state index in [1.807, 2.05) is 31.2 Å². The van der Waals surface area contributed by atoms with Gasteiger partial charge in [0, 0.05) is 18.2 Å². The molecule has 2 aromatic heterocycles. The van der Waals surface area contributed by atoms with Crippen molar-refractivity contribution < 1.29 is 4.74 Å². The molecule has 1 atom stereocenters. The van der Waals surface area contributed by atoms with E-state index in [0.29, 0.717) is 35.0 Å². The van der Waals surface area contributed by atoms with E-state index in [2.05, 4.69) is 4.98 Å². The van der Waals surface area contributed by atoms with Crippen molar-refractivity contribution in [2.45, 2.75) is 39.0 Å². The summed E-state index contributed by atoms with van der Waals surface area (Å²) in [6, 6.07) is 15.1. The average molecular weight is 451 g/mol. The van der Waals surface area contributed by atoms with Crippen molar-refractivity contribution >= 4 is 22.8 Å². The van der Waals surface area contributed by atoms with Gasteiger partial charge in [-0.15, -0.1) is 0 Å². The predicted octanol–water partition coefficient (Wildman–Crippen LogP) is 3.54. The molecule has 0 spiro atoms. The Morgan fingerprint density at radius 3 is 2.53 bits per heavy atom. The lowest BCUT2D eigenvalue weighted by molar-refractivity contribution is 0.0950. The van der Waals surface area contributed by atoms with E-state index in [9.17, 15) is 9.59 Å². The highest BCUT2D eigenvalue weighted by Crippen LogP contribution is 2.18. The second-order valence-corrected chi connectivity index (χ2v) is 8.61. The highest BCUT2D eigenvalue weighted by molar-refractivity contribution is 6.30. The lowest BCUT2D eigenvalue weighted by atomic mass is 10.1. The number of aryl methyl sites for hydroxylation is 1. The maximum atomic E-state index is 13.5. The van der Waals surface area contributed by atoms with Crippen molar-refractivity contribution in [1.29, 1.82) is 0 Å². The first kappa shape index (κ1) is 20.7. The van der Waals surface area contributed by atoms with Gasteiger partial charge in [0.05, 0.1) is 24.7 Å². The third kappa shape index (κ3) is 3.78. The number of hydrogen-bond donors (Lipinski definition) is 0. The number of imidazole rings is 1. The van der Waals surface area contributed by atoms with Crippen LogP contribution in [-0.4, -0.2) is 31.4 Å². The first-order valence-corrected chi connectivity index (χ1v) is 11.0. The molecule has 1 aliphatic heterocycles. The van der Waals surface area contributed by atoms with Crippen LogP contribution in [0.15, 0.2) is 64.4 Å². The minimum atomic E-state index is -0.430. The Hall–Kier alpha value is -3.16. The topological polar surface area (TPSA) is 71.1 Å². The highest BCUT2D eigenvalue weighted by Gasteiger charge is 2.23. The molecule has 1 fully saturated rings. The monoisotopic (exact) mass is 450 g/mol. The van der Waals surface area contributed by atoms with Crippen molar-refractivity contribution in [3.63, 3.8) is 0 Å². The molecule has 5 rings (SSSR count). The molecule has 0 saturated carbocycles. The van der Waals surface area contributed by atoms with Crippen LogP contribution >= 0.6 is 11.6 Å². The fourth-order valence-electron chi connectivity index (χ4n) is 4.17. The number of aromatic nitrogens is 4. The van der Waals surface area contributed by atoms with Crippen LogP contribution in [0.3, 0.4) is 0 Å². The summed E-state index contributed by atoms with van der Waals surface area (Å²) in [5.41, 5.74) is 2.75. The molecule has 0 N–H and O–H groups in total. The number of ether oxygens (including phenoxy) is 1. The Balaban J connectivity index is 1.71. The lowest BCUT2D eigenvalue weighted by Crippen LogP contribution is -2.42. The van der Waals surface area contributed by atoms with Crippen LogP contribution in [0.25, 0.3) is 16.9 Å². The first-order valence-electron chi connectivity index (χ1n) is 10.6. The van der Waals surface area contributed by atoms with E-state index in [-0.39, 0.29) is 18.2 Å². The van der Waals surface area contributed by atoms with E-state index in [1.54, 1.807) is 35.2 Å². The summed E-state index contributed by atoms with van der Waals surface area (Å²) < 4.78 is 10.3. The van der Waals surface area contributed by atoms with E-state index in [4.69, 9.17) is 16.3 Å². The van der Waals surface area contributed by atoms with Gasteiger partial charge >= 0.3 is 5.69 Å². The van der Waals surface area contributed by atoms with E-state index in [1.165, 1.54) is 14.7 Å². The van der Waals surface area contributed by atoms with Gasteiger partial charge in [0.2, 0.25) is 0 Å². The number of nitrogens with zero attached hydrogens (tertiary/aromatic N) is 4. The molecule has 0 radical (unpaired) electrons. The molecule has 164 valence electrons. The lowest BCUT2D eigenvalue weighted by Gasteiger charge is -2.15. The van der Waals surface area contributed by atoms with E-state index in [0.717, 1.165) is 18.4 Å². The quantitative estimate of drug-likeness (QED) is 0.466. The van der Waals surface area contributed by atoms with Gasteiger partial charge in [-0.2, -0.15) is 0 Å². The zero-order valence-electron chi connectivity index (χ0n) is 17.7. The largest absolute Gasteiger partial charge is 0.376 e. The molecular weight excluding hydrogens is 428 g/mol. The van der Waals surface area contributed by atoms with Crippen LogP contribution in [0, 0.1) is 6.92 Å². The van der Waals surface area contributed by atoms with Gasteiger partial charge in [-0.1, -0.05) is 41.4 Å². The Bertz CT molecular complexity index is 1380. The van der Waals surface area contributed by atoms with Crippen LogP contribution in [0.5, 0.6) is 0 Å². The number of benzene rings is 2. The molecule has 32 heavy (non-hydrogen) atoms. The summed E-state index contributed by atoms with van der Waals surface area (Å²) in [5.74, 6) is 0. The summed E-state index contributed by atoms with van der Waals surface area (Å²) in [7, 11) is 0. The standard InChI is InChI=1S/C24H23ClN4O3/c1-16-4-6-17(7-5-16)13-27-15-26-22-21(27)23(30)28(14-20-3-2-12-32-20)24(31)29(22)19-10-8-18(25)9-11-19/h4-11,15,20H,2-3,12-14H2,1H3. The molecule has 1 aliphatic rings. The van der Waals surface area contributed by atoms with E-state index < -0.39 is 5.69 Å². The van der Waals surface area contributed by atoms with Crippen LogP contribution in [0.2, 0.25) is 5.02 Å². The second kappa shape index (κ2) is 8.41. The van der Waals surface area contributed by atoms with Gasteiger partial charge < -0.3 is 9.30 Å². The summed E-state index contributed by atoms with van der Waals surface area (Å²) in [6.45, 7) is 3.38. The average Bonchev–Trinajstić information content (AvgIpc) is 3.44.